The first-order chi connectivity index (χ1) is 13.7. The molecular formula is C21H17FN2O3S. The highest BCUT2D eigenvalue weighted by atomic mass is 32.2. The van der Waals surface area contributed by atoms with Gasteiger partial charge in [-0.3, -0.25) is 4.79 Å². The molecule has 28 heavy (non-hydrogen) atoms. The van der Waals surface area contributed by atoms with Crippen molar-refractivity contribution in [2.75, 3.05) is 17.7 Å². The van der Waals surface area contributed by atoms with E-state index < -0.39 is 0 Å². The van der Waals surface area contributed by atoms with Crippen LogP contribution >= 0.6 is 11.8 Å². The zero-order valence-corrected chi connectivity index (χ0v) is 15.6. The zero-order chi connectivity index (χ0) is 19.3. The van der Waals surface area contributed by atoms with Crippen molar-refractivity contribution in [1.29, 1.82) is 0 Å². The Balaban J connectivity index is 1.31. The molecule has 1 unspecified atom stereocenters. The first-order valence-corrected chi connectivity index (χ1v) is 9.70. The summed E-state index contributed by atoms with van der Waals surface area (Å²) in [6.07, 6.45) is 1.46. The predicted octanol–water partition coefficient (Wildman–Crippen LogP) is 4.41. The number of nitrogens with one attached hydrogen (secondary N) is 1. The molecule has 0 saturated carbocycles. The highest BCUT2D eigenvalue weighted by Gasteiger charge is 2.20. The van der Waals surface area contributed by atoms with Crippen LogP contribution < -0.4 is 14.8 Å². The van der Waals surface area contributed by atoms with E-state index in [1.807, 2.05) is 24.3 Å². The van der Waals surface area contributed by atoms with Crippen LogP contribution in [0.4, 0.5) is 10.1 Å². The van der Waals surface area contributed by atoms with Crippen LogP contribution in [0, 0.1) is 5.82 Å². The lowest BCUT2D eigenvalue weighted by atomic mass is 10.2. The summed E-state index contributed by atoms with van der Waals surface area (Å²) in [5, 5.41) is 3.50. The van der Waals surface area contributed by atoms with Crippen molar-refractivity contribution < 1.29 is 18.7 Å². The van der Waals surface area contributed by atoms with Crippen molar-refractivity contribution in [2.45, 2.75) is 11.1 Å². The maximum Gasteiger partial charge on any atom is 0.257 e. The van der Waals surface area contributed by atoms with E-state index in [0.717, 1.165) is 16.5 Å². The number of amides is 1. The van der Waals surface area contributed by atoms with E-state index in [1.165, 1.54) is 42.2 Å². The molecule has 0 spiro atoms. The second-order valence-electron chi connectivity index (χ2n) is 6.15. The molecule has 1 aromatic heterocycles. The van der Waals surface area contributed by atoms with Gasteiger partial charge in [0.1, 0.15) is 18.5 Å². The van der Waals surface area contributed by atoms with Crippen LogP contribution in [0.2, 0.25) is 0 Å². The molecule has 0 radical (unpaired) electrons. The second-order valence-corrected chi connectivity index (χ2v) is 7.20. The summed E-state index contributed by atoms with van der Waals surface area (Å²) >= 11 is 1.54. The van der Waals surface area contributed by atoms with Gasteiger partial charge in [-0.05, 0) is 48.5 Å². The number of ether oxygens (including phenoxy) is 2. The van der Waals surface area contributed by atoms with E-state index in [-0.39, 0.29) is 17.8 Å². The van der Waals surface area contributed by atoms with Crippen LogP contribution in [-0.2, 0) is 0 Å². The van der Waals surface area contributed by atoms with Crippen LogP contribution in [0.3, 0.4) is 0 Å². The Bertz CT molecular complexity index is 964. The van der Waals surface area contributed by atoms with Gasteiger partial charge < -0.3 is 14.8 Å². The molecule has 1 amide bonds. The quantitative estimate of drug-likeness (QED) is 0.648. The summed E-state index contributed by atoms with van der Waals surface area (Å²) in [7, 11) is 0. The zero-order valence-electron chi connectivity index (χ0n) is 14.8. The summed E-state index contributed by atoms with van der Waals surface area (Å²) < 4.78 is 24.6. The monoisotopic (exact) mass is 396 g/mol. The van der Waals surface area contributed by atoms with Gasteiger partial charge >= 0.3 is 0 Å². The van der Waals surface area contributed by atoms with Gasteiger partial charge in [0.25, 0.3) is 5.91 Å². The molecule has 142 valence electrons. The number of benzene rings is 2. The number of para-hydroxylation sites is 2. The number of thioether (sulfide) groups is 1. The van der Waals surface area contributed by atoms with Gasteiger partial charge in [0.2, 0.25) is 0 Å². The van der Waals surface area contributed by atoms with Gasteiger partial charge in [0, 0.05) is 17.6 Å². The number of carbonyl (C=O) groups is 1. The van der Waals surface area contributed by atoms with Gasteiger partial charge in [-0.25, -0.2) is 9.37 Å². The number of rotatable bonds is 5. The molecule has 0 aliphatic carbocycles. The Hall–Kier alpha value is -3.06. The third kappa shape index (κ3) is 4.43. The lowest BCUT2D eigenvalue weighted by molar-refractivity contribution is 0.102. The van der Waals surface area contributed by atoms with E-state index in [9.17, 15) is 9.18 Å². The summed E-state index contributed by atoms with van der Waals surface area (Å²) in [5.74, 6) is 1.55. The van der Waals surface area contributed by atoms with Crippen LogP contribution in [-0.4, -0.2) is 29.4 Å². The van der Waals surface area contributed by atoms with E-state index in [0.29, 0.717) is 23.6 Å². The fourth-order valence-corrected chi connectivity index (χ4v) is 3.47. The molecule has 0 fully saturated rings. The fourth-order valence-electron chi connectivity index (χ4n) is 2.66. The van der Waals surface area contributed by atoms with Crippen molar-refractivity contribution in [3.63, 3.8) is 0 Å². The standard InChI is InChI=1S/C21H17FN2O3S/c22-15-6-8-16(9-7-15)24-21(25)14-5-10-20(23-11-14)28-13-17-12-26-18-3-1-2-4-19(18)27-17/h1-11,17H,12-13H2,(H,24,25). The minimum Gasteiger partial charge on any atom is -0.486 e. The number of aromatic nitrogens is 1. The Morgan fingerprint density at radius 3 is 2.64 bits per heavy atom. The van der Waals surface area contributed by atoms with E-state index >= 15 is 0 Å². The normalized spacial score (nSPS) is 15.1. The van der Waals surface area contributed by atoms with Crippen LogP contribution in [0.5, 0.6) is 11.5 Å². The fraction of sp³-hybridized carbons (Fsp3) is 0.143. The molecule has 1 aliphatic heterocycles. The number of carbonyl (C=O) groups excluding carboxylic acids is 1. The van der Waals surface area contributed by atoms with Gasteiger partial charge in [0.15, 0.2) is 11.5 Å². The van der Waals surface area contributed by atoms with Crippen molar-refractivity contribution in [1.82, 2.24) is 4.98 Å². The molecule has 1 N–H and O–H groups in total. The minimum atomic E-state index is -0.350. The lowest BCUT2D eigenvalue weighted by Gasteiger charge is -2.26. The Morgan fingerprint density at radius 1 is 1.11 bits per heavy atom. The molecule has 1 atom stereocenters. The van der Waals surface area contributed by atoms with Crippen molar-refractivity contribution in [2.24, 2.45) is 0 Å². The summed E-state index contributed by atoms with van der Waals surface area (Å²) in [6, 6.07) is 16.7. The topological polar surface area (TPSA) is 60.5 Å². The average molecular weight is 396 g/mol. The molecule has 0 bridgehead atoms. The molecule has 7 heteroatoms. The molecule has 2 heterocycles. The third-order valence-corrected chi connectivity index (χ3v) is 5.16. The maximum absolute atomic E-state index is 12.9. The third-order valence-electron chi connectivity index (χ3n) is 4.09. The number of halogens is 1. The number of pyridine rings is 1. The van der Waals surface area contributed by atoms with Crippen LogP contribution in [0.15, 0.2) is 71.9 Å². The largest absolute Gasteiger partial charge is 0.486 e. The molecule has 1 aliphatic rings. The second kappa shape index (κ2) is 8.31. The first kappa shape index (κ1) is 18.3. The first-order valence-electron chi connectivity index (χ1n) is 8.71. The number of hydrogen-bond donors (Lipinski definition) is 1. The number of nitrogens with zero attached hydrogens (tertiary/aromatic N) is 1. The maximum atomic E-state index is 12.9. The van der Waals surface area contributed by atoms with Crippen molar-refractivity contribution in [3.05, 3.63) is 78.2 Å². The Kier molecular flexibility index (Phi) is 5.43. The van der Waals surface area contributed by atoms with Gasteiger partial charge in [-0.1, -0.05) is 12.1 Å². The van der Waals surface area contributed by atoms with Crippen LogP contribution in [0.1, 0.15) is 10.4 Å². The summed E-state index contributed by atoms with van der Waals surface area (Å²) in [6.45, 7) is 0.488. The van der Waals surface area contributed by atoms with Gasteiger partial charge in [-0.2, -0.15) is 0 Å². The molecule has 3 aromatic rings. The molecule has 4 rings (SSSR count). The van der Waals surface area contributed by atoms with Gasteiger partial charge in [-0.15, -0.1) is 11.8 Å². The highest BCUT2D eigenvalue weighted by molar-refractivity contribution is 7.99. The van der Waals surface area contributed by atoms with Crippen LogP contribution in [0.25, 0.3) is 0 Å². The lowest BCUT2D eigenvalue weighted by Crippen LogP contribution is -2.31. The SMILES string of the molecule is O=C(Nc1ccc(F)cc1)c1ccc(SCC2COc3ccccc3O2)nc1. The summed E-state index contributed by atoms with van der Waals surface area (Å²) in [5.41, 5.74) is 0.958. The van der Waals surface area contributed by atoms with E-state index in [4.69, 9.17) is 9.47 Å². The van der Waals surface area contributed by atoms with Crippen molar-refractivity contribution in [3.8, 4) is 11.5 Å². The van der Waals surface area contributed by atoms with Gasteiger partial charge in [0.05, 0.1) is 10.6 Å². The minimum absolute atomic E-state index is 0.0665. The molecule has 5 nitrogen and oxygen atoms in total. The Labute approximate surface area is 165 Å². The Morgan fingerprint density at radius 2 is 1.89 bits per heavy atom. The summed E-state index contributed by atoms with van der Waals surface area (Å²) in [4.78, 5) is 16.6. The van der Waals surface area contributed by atoms with E-state index in [2.05, 4.69) is 10.3 Å². The molecule has 0 saturated heterocycles. The molecule has 2 aromatic carbocycles. The molecular weight excluding hydrogens is 379 g/mol. The smallest absolute Gasteiger partial charge is 0.257 e. The number of fused-ring (bicyclic) bond motifs is 1. The van der Waals surface area contributed by atoms with Crippen molar-refractivity contribution >= 4 is 23.4 Å². The number of hydrogen-bond acceptors (Lipinski definition) is 5. The van der Waals surface area contributed by atoms with E-state index in [1.54, 1.807) is 12.1 Å². The average Bonchev–Trinajstić information content (AvgIpc) is 2.74. The predicted molar refractivity (Wildman–Crippen MR) is 106 cm³/mol. The number of anilines is 1. The highest BCUT2D eigenvalue weighted by Crippen LogP contribution is 2.32.